The van der Waals surface area contributed by atoms with Gasteiger partial charge < -0.3 is 14.4 Å². The third kappa shape index (κ3) is 3.00. The summed E-state index contributed by atoms with van der Waals surface area (Å²) in [5.74, 6) is 1.56. The van der Waals surface area contributed by atoms with Gasteiger partial charge in [0.05, 0.1) is 18.3 Å². The van der Waals surface area contributed by atoms with Gasteiger partial charge in [0.1, 0.15) is 5.82 Å². The lowest BCUT2D eigenvalue weighted by atomic mass is 9.83. The highest BCUT2D eigenvalue weighted by atomic mass is 16.5. The van der Waals surface area contributed by atoms with E-state index in [0.717, 1.165) is 18.8 Å². The number of rotatable bonds is 5. The van der Waals surface area contributed by atoms with Crippen LogP contribution in [0.15, 0.2) is 12.4 Å². The van der Waals surface area contributed by atoms with Gasteiger partial charge in [-0.3, -0.25) is 0 Å². The van der Waals surface area contributed by atoms with Crippen LogP contribution in [0.5, 0.6) is 0 Å². The Hall–Kier alpha value is -0.870. The molecule has 0 aromatic carbocycles. The molecule has 0 bridgehead atoms. The summed E-state index contributed by atoms with van der Waals surface area (Å²) in [6.07, 6.45) is 5.47. The van der Waals surface area contributed by atoms with Crippen LogP contribution in [0.4, 0.5) is 0 Å². The van der Waals surface area contributed by atoms with Crippen LogP contribution in [0.25, 0.3) is 0 Å². The molecule has 1 aromatic rings. The minimum Gasteiger partial charge on any atom is -0.392 e. The summed E-state index contributed by atoms with van der Waals surface area (Å²) in [7, 11) is 0. The molecule has 1 N–H and O–H groups in total. The van der Waals surface area contributed by atoms with Crippen molar-refractivity contribution < 1.29 is 9.84 Å². The van der Waals surface area contributed by atoms with E-state index in [1.165, 1.54) is 0 Å². The fourth-order valence-corrected chi connectivity index (χ4v) is 3.25. The molecule has 19 heavy (non-hydrogen) atoms. The van der Waals surface area contributed by atoms with E-state index in [1.807, 2.05) is 12.4 Å². The molecule has 1 aliphatic heterocycles. The van der Waals surface area contributed by atoms with Crippen molar-refractivity contribution in [1.82, 2.24) is 9.55 Å². The molecule has 0 aliphatic carbocycles. The topological polar surface area (TPSA) is 47.3 Å². The minimum absolute atomic E-state index is 0.120. The van der Waals surface area contributed by atoms with Gasteiger partial charge in [-0.05, 0) is 26.2 Å². The molecular weight excluding hydrogens is 240 g/mol. The third-order valence-electron chi connectivity index (χ3n) is 4.42. The summed E-state index contributed by atoms with van der Waals surface area (Å²) in [6.45, 7) is 9.43. The molecule has 1 fully saturated rings. The molecule has 2 heterocycles. The summed E-state index contributed by atoms with van der Waals surface area (Å²) in [4.78, 5) is 4.38. The van der Waals surface area contributed by atoms with E-state index in [-0.39, 0.29) is 24.2 Å². The first-order valence-corrected chi connectivity index (χ1v) is 7.38. The minimum atomic E-state index is -0.382. The lowest BCUT2D eigenvalue weighted by molar-refractivity contribution is 0.0231. The largest absolute Gasteiger partial charge is 0.392 e. The standard InChI is InChI=1S/C15H26N2O2/c1-5-7-17-8-6-16-14(17)9-13(18)15-10(2)11(3)19-12(15)4/h6,8,10-13,15,18H,5,7,9H2,1-4H3. The number of aryl methyl sites for hydroxylation is 1. The number of imidazole rings is 1. The fourth-order valence-electron chi connectivity index (χ4n) is 3.25. The molecule has 5 unspecified atom stereocenters. The SMILES string of the molecule is CCCn1ccnc1CC(O)C1C(C)OC(C)C1C. The monoisotopic (exact) mass is 266 g/mol. The van der Waals surface area contributed by atoms with Gasteiger partial charge >= 0.3 is 0 Å². The predicted molar refractivity (Wildman–Crippen MR) is 74.9 cm³/mol. The molecule has 0 spiro atoms. The van der Waals surface area contributed by atoms with Crippen molar-refractivity contribution >= 4 is 0 Å². The molecule has 0 saturated carbocycles. The second-order valence-corrected chi connectivity index (χ2v) is 5.79. The average Bonchev–Trinajstić information content (AvgIpc) is 2.86. The second kappa shape index (κ2) is 6.06. The van der Waals surface area contributed by atoms with Gasteiger partial charge in [0.25, 0.3) is 0 Å². The van der Waals surface area contributed by atoms with E-state index < -0.39 is 0 Å². The Morgan fingerprint density at radius 2 is 2.11 bits per heavy atom. The quantitative estimate of drug-likeness (QED) is 0.889. The molecule has 0 amide bonds. The summed E-state index contributed by atoms with van der Waals surface area (Å²) in [5, 5.41) is 10.5. The van der Waals surface area contributed by atoms with Gasteiger partial charge in [0.2, 0.25) is 0 Å². The highest BCUT2D eigenvalue weighted by molar-refractivity contribution is 4.98. The Bertz CT molecular complexity index is 405. The number of nitrogens with zero attached hydrogens (tertiary/aromatic N) is 2. The number of ether oxygens (including phenoxy) is 1. The van der Waals surface area contributed by atoms with Crippen LogP contribution in [-0.2, 0) is 17.7 Å². The molecule has 4 nitrogen and oxygen atoms in total. The van der Waals surface area contributed by atoms with Crippen LogP contribution >= 0.6 is 0 Å². The van der Waals surface area contributed by atoms with Crippen molar-refractivity contribution in [2.75, 3.05) is 0 Å². The smallest absolute Gasteiger partial charge is 0.111 e. The molecule has 1 aliphatic rings. The summed E-state index contributed by atoms with van der Waals surface area (Å²) in [6, 6.07) is 0. The molecule has 1 aromatic heterocycles. The van der Waals surface area contributed by atoms with Crippen molar-refractivity contribution in [3.8, 4) is 0 Å². The number of hydrogen-bond donors (Lipinski definition) is 1. The first-order valence-electron chi connectivity index (χ1n) is 7.38. The maximum atomic E-state index is 10.5. The molecule has 0 radical (unpaired) electrons. The van der Waals surface area contributed by atoms with Crippen LogP contribution < -0.4 is 0 Å². The maximum absolute atomic E-state index is 10.5. The first kappa shape index (κ1) is 14.5. The highest BCUT2D eigenvalue weighted by Gasteiger charge is 2.41. The number of aromatic nitrogens is 2. The fraction of sp³-hybridized carbons (Fsp3) is 0.800. The maximum Gasteiger partial charge on any atom is 0.111 e. The number of aliphatic hydroxyl groups excluding tert-OH is 1. The Kier molecular flexibility index (Phi) is 4.63. The van der Waals surface area contributed by atoms with Crippen LogP contribution in [0.2, 0.25) is 0 Å². The zero-order chi connectivity index (χ0) is 14.0. The van der Waals surface area contributed by atoms with Gasteiger partial charge in [-0.2, -0.15) is 0 Å². The summed E-state index contributed by atoms with van der Waals surface area (Å²) < 4.78 is 7.95. The van der Waals surface area contributed by atoms with E-state index in [9.17, 15) is 5.11 Å². The average molecular weight is 266 g/mol. The molecule has 108 valence electrons. The van der Waals surface area contributed by atoms with E-state index in [2.05, 4.69) is 37.2 Å². The molecule has 2 rings (SSSR count). The van der Waals surface area contributed by atoms with Crippen molar-refractivity contribution in [2.24, 2.45) is 11.8 Å². The van der Waals surface area contributed by atoms with Crippen LogP contribution in [0.1, 0.15) is 39.9 Å². The zero-order valence-corrected chi connectivity index (χ0v) is 12.4. The zero-order valence-electron chi connectivity index (χ0n) is 12.4. The van der Waals surface area contributed by atoms with Crippen molar-refractivity contribution in [2.45, 2.75) is 65.4 Å². The third-order valence-corrected chi connectivity index (χ3v) is 4.42. The lowest BCUT2D eigenvalue weighted by Gasteiger charge is -2.24. The number of aliphatic hydroxyl groups is 1. The molecule has 5 atom stereocenters. The van der Waals surface area contributed by atoms with Crippen LogP contribution in [0.3, 0.4) is 0 Å². The lowest BCUT2D eigenvalue weighted by Crippen LogP contribution is -2.33. The van der Waals surface area contributed by atoms with Crippen LogP contribution in [-0.4, -0.2) is 33.0 Å². The number of hydrogen-bond acceptors (Lipinski definition) is 3. The van der Waals surface area contributed by atoms with Gasteiger partial charge in [0.15, 0.2) is 0 Å². The van der Waals surface area contributed by atoms with Gasteiger partial charge in [0, 0.05) is 31.3 Å². The van der Waals surface area contributed by atoms with Crippen molar-refractivity contribution in [3.05, 3.63) is 18.2 Å². The Morgan fingerprint density at radius 3 is 2.68 bits per heavy atom. The Morgan fingerprint density at radius 1 is 1.37 bits per heavy atom. The molecule has 4 heteroatoms. The van der Waals surface area contributed by atoms with Gasteiger partial charge in [-0.15, -0.1) is 0 Å². The van der Waals surface area contributed by atoms with E-state index >= 15 is 0 Å². The normalized spacial score (nSPS) is 32.7. The van der Waals surface area contributed by atoms with Crippen molar-refractivity contribution in [1.29, 1.82) is 0 Å². The van der Waals surface area contributed by atoms with Crippen LogP contribution in [0, 0.1) is 11.8 Å². The second-order valence-electron chi connectivity index (χ2n) is 5.79. The van der Waals surface area contributed by atoms with E-state index in [1.54, 1.807) is 0 Å². The Labute approximate surface area is 115 Å². The highest BCUT2D eigenvalue weighted by Crippen LogP contribution is 2.35. The molecular formula is C15H26N2O2. The first-order chi connectivity index (χ1) is 9.04. The molecule has 1 saturated heterocycles. The van der Waals surface area contributed by atoms with E-state index in [4.69, 9.17) is 4.74 Å². The van der Waals surface area contributed by atoms with Gasteiger partial charge in [-0.25, -0.2) is 4.98 Å². The predicted octanol–water partition coefficient (Wildman–Crippen LogP) is 2.26. The Balaban J connectivity index is 2.04. The van der Waals surface area contributed by atoms with Gasteiger partial charge in [-0.1, -0.05) is 13.8 Å². The van der Waals surface area contributed by atoms with Crippen molar-refractivity contribution in [3.63, 3.8) is 0 Å². The summed E-state index contributed by atoms with van der Waals surface area (Å²) >= 11 is 0. The summed E-state index contributed by atoms with van der Waals surface area (Å²) in [5.41, 5.74) is 0. The van der Waals surface area contributed by atoms with E-state index in [0.29, 0.717) is 12.3 Å².